The molecule has 0 saturated carbocycles. The molecule has 1 amide bonds. The molecule has 4 aromatic rings. The molecule has 0 saturated heterocycles. The summed E-state index contributed by atoms with van der Waals surface area (Å²) in [5.41, 5.74) is 11.6. The first-order chi connectivity index (χ1) is 22.4. The second kappa shape index (κ2) is 15.8. The van der Waals surface area contributed by atoms with Crippen molar-refractivity contribution in [3.05, 3.63) is 145 Å². The Hall–Kier alpha value is -4.34. The van der Waals surface area contributed by atoms with E-state index in [4.69, 9.17) is 36.7 Å². The Morgan fingerprint density at radius 2 is 1.72 bits per heavy atom. The highest BCUT2D eigenvalue weighted by atomic mass is 79.9. The first-order valence-electron chi connectivity index (χ1n) is 14.9. The fraction of sp³-hybridized carbons (Fsp3) is 0.257. The Balaban J connectivity index is 1.57. The van der Waals surface area contributed by atoms with E-state index < -0.39 is 11.6 Å². The summed E-state index contributed by atoms with van der Waals surface area (Å²) in [6.07, 6.45) is 0.441. The molecule has 0 bridgehead atoms. The third-order valence-corrected chi connectivity index (χ3v) is 8.83. The predicted molar refractivity (Wildman–Crippen MR) is 182 cm³/mol. The van der Waals surface area contributed by atoms with E-state index in [1.54, 1.807) is 0 Å². The molecule has 5 rings (SSSR count). The Morgan fingerprint density at radius 3 is 2.43 bits per heavy atom. The van der Waals surface area contributed by atoms with Crippen LogP contribution >= 0.6 is 27.5 Å². The summed E-state index contributed by atoms with van der Waals surface area (Å²) in [5.74, 6) is 0.656. The number of benzene rings is 4. The molecule has 0 aromatic heterocycles. The van der Waals surface area contributed by atoms with Gasteiger partial charge in [0.05, 0.1) is 13.2 Å². The molecule has 9 nitrogen and oxygen atoms in total. The van der Waals surface area contributed by atoms with Crippen molar-refractivity contribution >= 4 is 39.3 Å². The number of aliphatic imine (C=N–C) groups is 1. The van der Waals surface area contributed by atoms with Gasteiger partial charge in [-0.25, -0.2) is 4.99 Å². The normalized spacial score (nSPS) is 17.0. The van der Waals surface area contributed by atoms with Gasteiger partial charge in [-0.3, -0.25) is 4.79 Å². The van der Waals surface area contributed by atoms with Crippen LogP contribution in [0.1, 0.15) is 40.3 Å². The van der Waals surface area contributed by atoms with Gasteiger partial charge in [-0.05, 0) is 65.0 Å². The molecule has 2 N–H and O–H groups in total. The maximum atomic E-state index is 14.6. The lowest BCUT2D eigenvalue weighted by Crippen LogP contribution is -2.50. The summed E-state index contributed by atoms with van der Waals surface area (Å²) in [5, 5.41) is 16.6. The maximum Gasteiger partial charge on any atom is 0.252 e. The van der Waals surface area contributed by atoms with Gasteiger partial charge >= 0.3 is 0 Å². The van der Waals surface area contributed by atoms with Gasteiger partial charge in [0.2, 0.25) is 5.90 Å². The average molecular weight is 703 g/mol. The Morgan fingerprint density at radius 1 is 1.02 bits per heavy atom. The molecule has 0 unspecified atom stereocenters. The third kappa shape index (κ3) is 7.71. The summed E-state index contributed by atoms with van der Waals surface area (Å²) in [7, 11) is 0. The van der Waals surface area contributed by atoms with Crippen molar-refractivity contribution in [3.8, 4) is 5.75 Å². The molecule has 0 aliphatic carbocycles. The van der Waals surface area contributed by atoms with Gasteiger partial charge in [-0.15, -0.1) is 0 Å². The molecular weight excluding hydrogens is 670 g/mol. The second-order valence-electron chi connectivity index (χ2n) is 10.7. The smallest absolute Gasteiger partial charge is 0.252 e. The van der Waals surface area contributed by atoms with E-state index >= 15 is 0 Å². The highest BCUT2D eigenvalue weighted by Crippen LogP contribution is 2.45. The van der Waals surface area contributed by atoms with Crippen LogP contribution in [0.3, 0.4) is 0 Å². The second-order valence-corrected chi connectivity index (χ2v) is 12.0. The summed E-state index contributed by atoms with van der Waals surface area (Å²) in [6, 6.07) is 30.0. The predicted octanol–water partition coefficient (Wildman–Crippen LogP) is 7.53. The van der Waals surface area contributed by atoms with E-state index in [2.05, 4.69) is 31.3 Å². The Bertz CT molecular complexity index is 1750. The van der Waals surface area contributed by atoms with Crippen LogP contribution in [0.2, 0.25) is 5.02 Å². The molecule has 0 radical (unpaired) electrons. The minimum Gasteiger partial charge on any atom is -0.494 e. The zero-order valence-electron chi connectivity index (χ0n) is 25.0. The highest BCUT2D eigenvalue weighted by Gasteiger charge is 2.54. The SMILES string of the molecule is [N-]=[N+]=NCc1ccccc1C[C@@]1(C(=O)NCCc2ccccc2Cl)N=C(c2ccc(OCCCO)cc2)O[C@@H]1c1ccccc1Br. The number of amides is 1. The van der Waals surface area contributed by atoms with Gasteiger partial charge in [0, 0.05) is 51.5 Å². The molecule has 1 aliphatic heterocycles. The van der Waals surface area contributed by atoms with Crippen molar-refractivity contribution in [2.45, 2.75) is 37.5 Å². The summed E-state index contributed by atoms with van der Waals surface area (Å²) >= 11 is 10.1. The number of carbonyl (C=O) groups is 1. The van der Waals surface area contributed by atoms with Crippen LogP contribution in [0, 0.1) is 0 Å². The van der Waals surface area contributed by atoms with Crippen molar-refractivity contribution in [2.75, 3.05) is 19.8 Å². The minimum absolute atomic E-state index is 0.0493. The highest BCUT2D eigenvalue weighted by molar-refractivity contribution is 9.10. The number of nitrogens with one attached hydrogen (secondary N) is 1. The Kier molecular flexibility index (Phi) is 11.3. The van der Waals surface area contributed by atoms with Gasteiger partial charge in [0.15, 0.2) is 11.6 Å². The molecule has 236 valence electrons. The molecule has 0 fully saturated rings. The minimum atomic E-state index is -1.43. The van der Waals surface area contributed by atoms with E-state index in [9.17, 15) is 4.79 Å². The van der Waals surface area contributed by atoms with Crippen molar-refractivity contribution in [3.63, 3.8) is 0 Å². The molecule has 11 heteroatoms. The van der Waals surface area contributed by atoms with Gasteiger partial charge in [0.1, 0.15) is 5.75 Å². The zero-order chi connectivity index (χ0) is 32.4. The summed E-state index contributed by atoms with van der Waals surface area (Å²) < 4.78 is 13.1. The van der Waals surface area contributed by atoms with Crippen molar-refractivity contribution in [1.82, 2.24) is 5.32 Å². The number of hydrogen-bond donors (Lipinski definition) is 2. The van der Waals surface area contributed by atoms with Crippen LogP contribution in [0.5, 0.6) is 5.75 Å². The van der Waals surface area contributed by atoms with E-state index in [-0.39, 0.29) is 25.5 Å². The number of nitrogens with zero attached hydrogens (tertiary/aromatic N) is 4. The average Bonchev–Trinajstić information content (AvgIpc) is 3.46. The van der Waals surface area contributed by atoms with E-state index in [0.29, 0.717) is 48.2 Å². The number of azide groups is 1. The zero-order valence-corrected chi connectivity index (χ0v) is 27.3. The molecule has 0 spiro atoms. The molecular formula is C35H33BrClN5O4. The third-order valence-electron chi connectivity index (χ3n) is 7.74. The maximum absolute atomic E-state index is 14.6. The van der Waals surface area contributed by atoms with Crippen LogP contribution in [0.25, 0.3) is 10.4 Å². The fourth-order valence-corrected chi connectivity index (χ4v) is 6.12. The lowest BCUT2D eigenvalue weighted by molar-refractivity contribution is -0.128. The lowest BCUT2D eigenvalue weighted by Gasteiger charge is -2.32. The number of hydrogen-bond acceptors (Lipinski definition) is 6. The number of ether oxygens (including phenoxy) is 2. The van der Waals surface area contributed by atoms with E-state index in [0.717, 1.165) is 26.7 Å². The van der Waals surface area contributed by atoms with Crippen LogP contribution in [-0.2, 0) is 28.9 Å². The first-order valence-corrected chi connectivity index (χ1v) is 16.1. The number of aliphatic hydroxyl groups excluding tert-OH is 1. The van der Waals surface area contributed by atoms with Crippen molar-refractivity contribution < 1.29 is 19.4 Å². The topological polar surface area (TPSA) is 129 Å². The summed E-state index contributed by atoms with van der Waals surface area (Å²) in [4.78, 5) is 22.6. The molecule has 1 aliphatic rings. The molecule has 1 heterocycles. The summed E-state index contributed by atoms with van der Waals surface area (Å²) in [6.45, 7) is 0.904. The van der Waals surface area contributed by atoms with Gasteiger partial charge in [-0.1, -0.05) is 93.3 Å². The standard InChI is InChI=1S/C35H33BrClN5O4/c36-30-12-5-4-11-29(30)32-35(22-26-9-1-2-10-27(26)23-40-42-38,34(44)39-19-18-24-8-3-6-13-31(24)37)41-33(46-32)25-14-16-28(17-15-25)45-21-7-20-43/h1-6,8-17,32,43H,7,18-23H2,(H,39,44)/t32-,35-/m1/s1. The van der Waals surface area contributed by atoms with Crippen LogP contribution < -0.4 is 10.1 Å². The largest absolute Gasteiger partial charge is 0.494 e. The number of aliphatic hydroxyl groups is 1. The van der Waals surface area contributed by atoms with Crippen LogP contribution in [-0.4, -0.2) is 42.2 Å². The van der Waals surface area contributed by atoms with Crippen LogP contribution in [0.15, 0.2) is 112 Å². The van der Waals surface area contributed by atoms with E-state index in [1.807, 2.05) is 97.1 Å². The van der Waals surface area contributed by atoms with Crippen LogP contribution in [0.4, 0.5) is 0 Å². The van der Waals surface area contributed by atoms with Gasteiger partial charge in [0.25, 0.3) is 5.91 Å². The van der Waals surface area contributed by atoms with Gasteiger partial charge in [-0.2, -0.15) is 0 Å². The Labute approximate surface area is 281 Å². The van der Waals surface area contributed by atoms with E-state index in [1.165, 1.54) is 0 Å². The number of halogens is 2. The molecule has 46 heavy (non-hydrogen) atoms. The number of carbonyl (C=O) groups excluding carboxylic acids is 1. The monoisotopic (exact) mass is 701 g/mol. The van der Waals surface area contributed by atoms with Crippen molar-refractivity contribution in [1.29, 1.82) is 0 Å². The van der Waals surface area contributed by atoms with Crippen molar-refractivity contribution in [2.24, 2.45) is 10.1 Å². The quantitative estimate of drug-likeness (QED) is 0.0609. The molecule has 4 aromatic carbocycles. The fourth-order valence-electron chi connectivity index (χ4n) is 5.39. The number of rotatable bonds is 14. The molecule has 2 atom stereocenters. The van der Waals surface area contributed by atoms with Gasteiger partial charge < -0.3 is 19.9 Å². The first kappa shape index (κ1) is 33.0. The lowest BCUT2D eigenvalue weighted by atomic mass is 9.81.